The third kappa shape index (κ3) is 1.46. The average molecular weight is 270 g/mol. The molecule has 0 aliphatic carbocycles. The van der Waals surface area contributed by atoms with Crippen molar-refractivity contribution in [3.63, 3.8) is 0 Å². The van der Waals surface area contributed by atoms with Gasteiger partial charge in [-0.05, 0) is 19.4 Å². The highest BCUT2D eigenvalue weighted by Gasteiger charge is 2.48. The molecular formula is C16H18N2O2. The second-order valence-corrected chi connectivity index (χ2v) is 6.24. The van der Waals surface area contributed by atoms with Crippen molar-refractivity contribution in [2.45, 2.75) is 31.6 Å². The van der Waals surface area contributed by atoms with Gasteiger partial charge in [0.2, 0.25) is 0 Å². The van der Waals surface area contributed by atoms with E-state index in [9.17, 15) is 5.11 Å². The van der Waals surface area contributed by atoms with Gasteiger partial charge in [0.15, 0.2) is 0 Å². The molecule has 20 heavy (non-hydrogen) atoms. The number of nitrogens with zero attached hydrogens (tertiary/aromatic N) is 2. The zero-order valence-electron chi connectivity index (χ0n) is 11.7. The average Bonchev–Trinajstić information content (AvgIpc) is 3.07. The largest absolute Gasteiger partial charge is 0.390 e. The molecule has 1 saturated heterocycles. The first-order valence-corrected chi connectivity index (χ1v) is 7.03. The van der Waals surface area contributed by atoms with Gasteiger partial charge in [0.05, 0.1) is 42.6 Å². The van der Waals surface area contributed by atoms with Crippen molar-refractivity contribution in [2.75, 3.05) is 6.61 Å². The van der Waals surface area contributed by atoms with Crippen LogP contribution in [-0.4, -0.2) is 33.0 Å². The molecule has 3 heterocycles. The van der Waals surface area contributed by atoms with E-state index >= 15 is 0 Å². The van der Waals surface area contributed by atoms with Gasteiger partial charge >= 0.3 is 0 Å². The fourth-order valence-electron chi connectivity index (χ4n) is 3.58. The van der Waals surface area contributed by atoms with E-state index in [1.807, 2.05) is 32.4 Å². The maximum Gasteiger partial charge on any atom is 0.0956 e. The van der Waals surface area contributed by atoms with Crippen LogP contribution in [0.3, 0.4) is 0 Å². The zero-order chi connectivity index (χ0) is 13.9. The number of ether oxygens (including phenoxy) is 1. The molecule has 1 aromatic carbocycles. The van der Waals surface area contributed by atoms with Crippen LogP contribution in [0.25, 0.3) is 11.3 Å². The number of hydrogen-bond donors (Lipinski definition) is 1. The van der Waals surface area contributed by atoms with Crippen LogP contribution in [0.2, 0.25) is 0 Å². The number of imidazole rings is 1. The van der Waals surface area contributed by atoms with Gasteiger partial charge in [0, 0.05) is 11.5 Å². The Morgan fingerprint density at radius 2 is 2.15 bits per heavy atom. The van der Waals surface area contributed by atoms with Crippen molar-refractivity contribution in [1.29, 1.82) is 0 Å². The monoisotopic (exact) mass is 270 g/mol. The lowest BCUT2D eigenvalue weighted by atomic mass is 9.85. The van der Waals surface area contributed by atoms with Gasteiger partial charge in [0.1, 0.15) is 0 Å². The number of benzene rings is 1. The molecule has 0 radical (unpaired) electrons. The number of fused-ring (bicyclic) bond motifs is 3. The molecule has 104 valence electrons. The molecule has 1 fully saturated rings. The summed E-state index contributed by atoms with van der Waals surface area (Å²) >= 11 is 0. The standard InChI is InChI=1S/C16H18N2O2/c1-16(2)15(19)12(8-20-16)14-11-6-4-3-5-10(11)13-7-17-9-18(13)14/h3-7,9,12,14-15,19H,8H2,1-2H3/t12-,14-,15-/m1/s1. The minimum absolute atomic E-state index is 0.0570. The minimum Gasteiger partial charge on any atom is -0.390 e. The summed E-state index contributed by atoms with van der Waals surface area (Å²) in [5.74, 6) is 0.0570. The topological polar surface area (TPSA) is 47.3 Å². The van der Waals surface area contributed by atoms with Gasteiger partial charge in [-0.2, -0.15) is 0 Å². The van der Waals surface area contributed by atoms with E-state index in [1.165, 1.54) is 11.1 Å². The maximum absolute atomic E-state index is 10.6. The first kappa shape index (κ1) is 12.1. The predicted molar refractivity (Wildman–Crippen MR) is 75.3 cm³/mol. The summed E-state index contributed by atoms with van der Waals surface area (Å²) in [5.41, 5.74) is 3.12. The molecule has 0 amide bonds. The second kappa shape index (κ2) is 3.93. The van der Waals surface area contributed by atoms with Gasteiger partial charge in [0.25, 0.3) is 0 Å². The Morgan fingerprint density at radius 1 is 1.35 bits per heavy atom. The lowest BCUT2D eigenvalue weighted by Crippen LogP contribution is -2.38. The van der Waals surface area contributed by atoms with E-state index in [0.29, 0.717) is 6.61 Å². The lowest BCUT2D eigenvalue weighted by Gasteiger charge is -2.28. The molecule has 4 nitrogen and oxygen atoms in total. The molecule has 2 aliphatic rings. The summed E-state index contributed by atoms with van der Waals surface area (Å²) < 4.78 is 7.97. The third-order valence-corrected chi connectivity index (χ3v) is 4.69. The molecule has 1 N–H and O–H groups in total. The van der Waals surface area contributed by atoms with Crippen molar-refractivity contribution in [1.82, 2.24) is 9.55 Å². The van der Waals surface area contributed by atoms with Crippen LogP contribution in [0.1, 0.15) is 25.5 Å². The van der Waals surface area contributed by atoms with Crippen LogP contribution < -0.4 is 0 Å². The van der Waals surface area contributed by atoms with Crippen molar-refractivity contribution >= 4 is 0 Å². The number of aliphatic hydroxyl groups excluding tert-OH is 1. The summed E-state index contributed by atoms with van der Waals surface area (Å²) in [4.78, 5) is 4.27. The minimum atomic E-state index is -0.483. The SMILES string of the molecule is CC1(C)OC[C@H]([C@H]2c3ccccc3-c3cncn32)[C@H]1O. The van der Waals surface area contributed by atoms with Gasteiger partial charge < -0.3 is 14.4 Å². The summed E-state index contributed by atoms with van der Waals surface area (Å²) in [7, 11) is 0. The molecule has 1 aromatic heterocycles. The summed E-state index contributed by atoms with van der Waals surface area (Å²) in [6, 6.07) is 8.48. The summed E-state index contributed by atoms with van der Waals surface area (Å²) in [5, 5.41) is 10.6. The fraction of sp³-hybridized carbons (Fsp3) is 0.438. The Hall–Kier alpha value is -1.65. The maximum atomic E-state index is 10.6. The fourth-order valence-corrected chi connectivity index (χ4v) is 3.58. The van der Waals surface area contributed by atoms with Gasteiger partial charge in [-0.15, -0.1) is 0 Å². The first-order chi connectivity index (χ1) is 9.59. The molecule has 0 bridgehead atoms. The van der Waals surface area contributed by atoms with E-state index in [-0.39, 0.29) is 12.0 Å². The molecule has 3 atom stereocenters. The summed E-state index contributed by atoms with van der Waals surface area (Å²) in [6.45, 7) is 4.48. The van der Waals surface area contributed by atoms with Crippen molar-refractivity contribution in [3.8, 4) is 11.3 Å². The Bertz CT molecular complexity index is 662. The number of hydrogen-bond acceptors (Lipinski definition) is 3. The van der Waals surface area contributed by atoms with Crippen molar-refractivity contribution in [3.05, 3.63) is 42.4 Å². The van der Waals surface area contributed by atoms with E-state index in [0.717, 1.165) is 5.69 Å². The molecule has 2 aromatic rings. The van der Waals surface area contributed by atoms with E-state index in [2.05, 4.69) is 27.8 Å². The molecule has 0 unspecified atom stereocenters. The van der Waals surface area contributed by atoms with Gasteiger partial charge in [-0.25, -0.2) is 4.98 Å². The van der Waals surface area contributed by atoms with E-state index in [1.54, 1.807) is 0 Å². The second-order valence-electron chi connectivity index (χ2n) is 6.24. The van der Waals surface area contributed by atoms with Crippen LogP contribution in [0.4, 0.5) is 0 Å². The lowest BCUT2D eigenvalue weighted by molar-refractivity contribution is -0.0321. The molecule has 2 aliphatic heterocycles. The Morgan fingerprint density at radius 3 is 2.90 bits per heavy atom. The molecule has 0 spiro atoms. The van der Waals surface area contributed by atoms with Crippen LogP contribution in [-0.2, 0) is 4.74 Å². The van der Waals surface area contributed by atoms with Gasteiger partial charge in [-0.1, -0.05) is 24.3 Å². The number of rotatable bonds is 1. The molecule has 0 saturated carbocycles. The van der Waals surface area contributed by atoms with Crippen LogP contribution in [0, 0.1) is 5.92 Å². The molecular weight excluding hydrogens is 252 g/mol. The predicted octanol–water partition coefficient (Wildman–Crippen LogP) is 2.24. The first-order valence-electron chi connectivity index (χ1n) is 7.03. The van der Waals surface area contributed by atoms with E-state index < -0.39 is 11.7 Å². The molecule has 4 heteroatoms. The highest BCUT2D eigenvalue weighted by Crippen LogP contribution is 2.47. The van der Waals surface area contributed by atoms with Crippen LogP contribution >= 0.6 is 0 Å². The Balaban J connectivity index is 1.84. The van der Waals surface area contributed by atoms with Crippen molar-refractivity contribution < 1.29 is 9.84 Å². The Kier molecular flexibility index (Phi) is 2.38. The number of aliphatic hydroxyl groups is 1. The molecule has 4 rings (SSSR count). The summed E-state index contributed by atoms with van der Waals surface area (Å²) in [6.07, 6.45) is 3.28. The highest BCUT2D eigenvalue weighted by molar-refractivity contribution is 5.69. The van der Waals surface area contributed by atoms with Gasteiger partial charge in [-0.3, -0.25) is 0 Å². The number of aromatic nitrogens is 2. The smallest absolute Gasteiger partial charge is 0.0956 e. The third-order valence-electron chi connectivity index (χ3n) is 4.69. The van der Waals surface area contributed by atoms with E-state index in [4.69, 9.17) is 4.74 Å². The normalized spacial score (nSPS) is 30.2. The quantitative estimate of drug-likeness (QED) is 0.864. The van der Waals surface area contributed by atoms with Crippen molar-refractivity contribution in [2.24, 2.45) is 5.92 Å². The zero-order valence-corrected chi connectivity index (χ0v) is 11.7. The highest BCUT2D eigenvalue weighted by atomic mass is 16.5. The Labute approximate surface area is 118 Å². The van der Waals surface area contributed by atoms with Crippen LogP contribution in [0.15, 0.2) is 36.8 Å². The van der Waals surface area contributed by atoms with Crippen LogP contribution in [0.5, 0.6) is 0 Å².